The third-order valence-electron chi connectivity index (χ3n) is 3.71. The second-order valence-corrected chi connectivity index (χ2v) is 5.14. The fourth-order valence-electron chi connectivity index (χ4n) is 2.45. The van der Waals surface area contributed by atoms with Crippen LogP contribution in [0.3, 0.4) is 0 Å². The molecular formula is C12H18N4O3. The van der Waals surface area contributed by atoms with E-state index in [9.17, 15) is 14.7 Å². The molecule has 0 aromatic carbocycles. The Morgan fingerprint density at radius 2 is 2.32 bits per heavy atom. The lowest BCUT2D eigenvalue weighted by atomic mass is 9.85. The number of carboxylic acids is 1. The number of urea groups is 1. The van der Waals surface area contributed by atoms with Gasteiger partial charge in [0.05, 0.1) is 5.41 Å². The topological polar surface area (TPSA) is 96.2 Å². The molecule has 1 aromatic heterocycles. The number of carbonyl (C=O) groups is 2. The van der Waals surface area contributed by atoms with Crippen molar-refractivity contribution in [3.05, 3.63) is 12.3 Å². The smallest absolute Gasteiger partial charge is 0.320 e. The van der Waals surface area contributed by atoms with Gasteiger partial charge in [-0.05, 0) is 19.8 Å². The monoisotopic (exact) mass is 266 g/mol. The van der Waals surface area contributed by atoms with Crippen LogP contribution >= 0.6 is 0 Å². The van der Waals surface area contributed by atoms with E-state index in [1.807, 2.05) is 0 Å². The van der Waals surface area contributed by atoms with E-state index in [0.29, 0.717) is 18.7 Å². The van der Waals surface area contributed by atoms with E-state index in [2.05, 4.69) is 15.7 Å². The van der Waals surface area contributed by atoms with Crippen molar-refractivity contribution in [1.82, 2.24) is 15.1 Å². The average molecular weight is 266 g/mol. The number of nitrogens with zero attached hydrogens (tertiary/aromatic N) is 2. The minimum absolute atomic E-state index is 0.353. The first-order chi connectivity index (χ1) is 8.91. The summed E-state index contributed by atoms with van der Waals surface area (Å²) in [4.78, 5) is 23.1. The minimum Gasteiger partial charge on any atom is -0.481 e. The maximum absolute atomic E-state index is 11.8. The SMILES string of the molecule is Cn1ccc(NC(=O)NC2CCCC2(C)C(=O)O)n1. The Balaban J connectivity index is 1.97. The van der Waals surface area contributed by atoms with Gasteiger partial charge in [-0.2, -0.15) is 5.10 Å². The molecule has 1 aromatic rings. The number of rotatable bonds is 3. The van der Waals surface area contributed by atoms with Crippen molar-refractivity contribution in [1.29, 1.82) is 0 Å². The lowest BCUT2D eigenvalue weighted by Crippen LogP contribution is -2.48. The van der Waals surface area contributed by atoms with E-state index in [0.717, 1.165) is 6.42 Å². The number of aromatic nitrogens is 2. The summed E-state index contributed by atoms with van der Waals surface area (Å²) in [7, 11) is 1.75. The highest BCUT2D eigenvalue weighted by molar-refractivity contribution is 5.89. The third-order valence-corrected chi connectivity index (χ3v) is 3.71. The number of carbonyl (C=O) groups excluding carboxylic acids is 1. The number of aryl methyl sites for hydroxylation is 1. The van der Waals surface area contributed by atoms with Crippen LogP contribution in [0.5, 0.6) is 0 Å². The van der Waals surface area contributed by atoms with Crippen molar-refractivity contribution in [2.75, 3.05) is 5.32 Å². The van der Waals surface area contributed by atoms with Gasteiger partial charge in [0.15, 0.2) is 5.82 Å². The zero-order valence-corrected chi connectivity index (χ0v) is 11.0. The molecule has 0 saturated heterocycles. The maximum atomic E-state index is 11.8. The molecule has 2 unspecified atom stereocenters. The Labute approximate surface area is 111 Å². The highest BCUT2D eigenvalue weighted by atomic mass is 16.4. The highest BCUT2D eigenvalue weighted by Gasteiger charge is 2.45. The van der Waals surface area contributed by atoms with Gasteiger partial charge in [-0.25, -0.2) is 4.79 Å². The lowest BCUT2D eigenvalue weighted by molar-refractivity contribution is -0.148. The van der Waals surface area contributed by atoms with Gasteiger partial charge in [-0.15, -0.1) is 0 Å². The lowest BCUT2D eigenvalue weighted by Gasteiger charge is -2.27. The maximum Gasteiger partial charge on any atom is 0.320 e. The molecule has 0 radical (unpaired) electrons. The number of aliphatic carboxylic acids is 1. The van der Waals surface area contributed by atoms with E-state index in [1.54, 1.807) is 30.9 Å². The molecule has 2 rings (SSSR count). The van der Waals surface area contributed by atoms with Crippen LogP contribution in [0, 0.1) is 5.41 Å². The van der Waals surface area contributed by atoms with Gasteiger partial charge in [-0.1, -0.05) is 6.42 Å². The van der Waals surface area contributed by atoms with Gasteiger partial charge in [0, 0.05) is 25.4 Å². The molecule has 3 N–H and O–H groups in total. The van der Waals surface area contributed by atoms with Crippen molar-refractivity contribution in [3.63, 3.8) is 0 Å². The second-order valence-electron chi connectivity index (χ2n) is 5.14. The van der Waals surface area contributed by atoms with Crippen molar-refractivity contribution in [2.45, 2.75) is 32.2 Å². The summed E-state index contributed by atoms with van der Waals surface area (Å²) in [6, 6.07) is 0.900. The first-order valence-corrected chi connectivity index (χ1v) is 6.22. The summed E-state index contributed by atoms with van der Waals surface area (Å²) in [5.74, 6) is -0.428. The van der Waals surface area contributed by atoms with Crippen LogP contribution in [0.4, 0.5) is 10.6 Å². The van der Waals surface area contributed by atoms with Gasteiger partial charge in [0.25, 0.3) is 0 Å². The number of hydrogen-bond acceptors (Lipinski definition) is 3. The quantitative estimate of drug-likeness (QED) is 0.765. The van der Waals surface area contributed by atoms with E-state index in [4.69, 9.17) is 0 Å². The van der Waals surface area contributed by atoms with Crippen LogP contribution in [-0.4, -0.2) is 32.9 Å². The Morgan fingerprint density at radius 1 is 1.58 bits per heavy atom. The summed E-state index contributed by atoms with van der Waals surface area (Å²) in [5.41, 5.74) is -0.887. The van der Waals surface area contributed by atoms with Gasteiger partial charge >= 0.3 is 12.0 Å². The molecule has 1 heterocycles. The Morgan fingerprint density at radius 3 is 2.89 bits per heavy atom. The molecule has 1 aliphatic carbocycles. The molecule has 1 aliphatic rings. The van der Waals surface area contributed by atoms with Crippen molar-refractivity contribution in [2.24, 2.45) is 12.5 Å². The number of carboxylic acid groups (broad SMARTS) is 1. The first kappa shape index (κ1) is 13.4. The van der Waals surface area contributed by atoms with Crippen LogP contribution in [-0.2, 0) is 11.8 Å². The first-order valence-electron chi connectivity index (χ1n) is 6.22. The van der Waals surface area contributed by atoms with E-state index in [1.165, 1.54) is 0 Å². The summed E-state index contributed by atoms with van der Waals surface area (Å²) in [6.45, 7) is 1.67. The van der Waals surface area contributed by atoms with Gasteiger partial charge in [0.1, 0.15) is 0 Å². The summed E-state index contributed by atoms with van der Waals surface area (Å²) in [6.07, 6.45) is 3.78. The summed E-state index contributed by atoms with van der Waals surface area (Å²) < 4.78 is 1.58. The molecule has 2 atom stereocenters. The van der Waals surface area contributed by atoms with Gasteiger partial charge in [-0.3, -0.25) is 14.8 Å². The van der Waals surface area contributed by atoms with Crippen molar-refractivity contribution < 1.29 is 14.7 Å². The molecule has 19 heavy (non-hydrogen) atoms. The summed E-state index contributed by atoms with van der Waals surface area (Å²) >= 11 is 0. The molecule has 1 fully saturated rings. The molecule has 104 valence electrons. The molecule has 7 nitrogen and oxygen atoms in total. The van der Waals surface area contributed by atoms with Crippen LogP contribution in [0.1, 0.15) is 26.2 Å². The van der Waals surface area contributed by atoms with E-state index in [-0.39, 0.29) is 6.04 Å². The van der Waals surface area contributed by atoms with E-state index < -0.39 is 17.4 Å². The second kappa shape index (κ2) is 4.91. The number of anilines is 1. The molecule has 0 spiro atoms. The van der Waals surface area contributed by atoms with E-state index >= 15 is 0 Å². The minimum atomic E-state index is -0.887. The van der Waals surface area contributed by atoms with Crippen LogP contribution < -0.4 is 10.6 Å². The Hall–Kier alpha value is -2.05. The number of hydrogen-bond donors (Lipinski definition) is 3. The summed E-state index contributed by atoms with van der Waals surface area (Å²) in [5, 5.41) is 18.6. The Bertz CT molecular complexity index is 499. The molecule has 0 bridgehead atoms. The Kier molecular flexibility index (Phi) is 3.46. The van der Waals surface area contributed by atoms with Crippen LogP contribution in [0.25, 0.3) is 0 Å². The average Bonchev–Trinajstić information content (AvgIpc) is 2.87. The van der Waals surface area contributed by atoms with Gasteiger partial charge in [0.2, 0.25) is 0 Å². The third kappa shape index (κ3) is 2.69. The fraction of sp³-hybridized carbons (Fsp3) is 0.583. The predicted molar refractivity (Wildman–Crippen MR) is 68.7 cm³/mol. The van der Waals surface area contributed by atoms with Crippen molar-refractivity contribution >= 4 is 17.8 Å². The molecular weight excluding hydrogens is 248 g/mol. The molecule has 2 amide bonds. The number of nitrogens with one attached hydrogen (secondary N) is 2. The fourth-order valence-corrected chi connectivity index (χ4v) is 2.45. The zero-order chi connectivity index (χ0) is 14.0. The normalized spacial score (nSPS) is 26.1. The molecule has 1 saturated carbocycles. The molecule has 7 heteroatoms. The van der Waals surface area contributed by atoms with Crippen molar-refractivity contribution in [3.8, 4) is 0 Å². The largest absolute Gasteiger partial charge is 0.481 e. The standard InChI is InChI=1S/C12H18N4O3/c1-12(10(17)18)6-3-4-8(12)13-11(19)14-9-5-7-16(2)15-9/h5,7-8H,3-4,6H2,1-2H3,(H,17,18)(H2,13,14,15,19). The highest BCUT2D eigenvalue weighted by Crippen LogP contribution is 2.38. The van der Waals surface area contributed by atoms with Crippen LogP contribution in [0.15, 0.2) is 12.3 Å². The predicted octanol–water partition coefficient (Wildman–Crippen LogP) is 1.18. The zero-order valence-electron chi connectivity index (χ0n) is 11.0. The van der Waals surface area contributed by atoms with Gasteiger partial charge < -0.3 is 10.4 Å². The van der Waals surface area contributed by atoms with Crippen LogP contribution in [0.2, 0.25) is 0 Å². The number of amides is 2. The molecule has 0 aliphatic heterocycles.